The number of alkyl halides is 3. The summed E-state index contributed by atoms with van der Waals surface area (Å²) in [5.41, 5.74) is 3.86. The molecule has 1 N–H and O–H groups in total. The number of rotatable bonds is 6. The minimum Gasteiger partial charge on any atom is -0.489 e. The van der Waals surface area contributed by atoms with E-state index in [2.05, 4.69) is 10.5 Å². The molecule has 0 saturated carbocycles. The molecule has 0 spiro atoms. The van der Waals surface area contributed by atoms with Crippen molar-refractivity contribution in [1.29, 1.82) is 0 Å². The third-order valence-corrected chi connectivity index (χ3v) is 4.01. The number of nitrogens with zero attached hydrogens (tertiary/aromatic N) is 1. The number of anilines is 1. The molecule has 3 nitrogen and oxygen atoms in total. The standard InChI is InChI=1S/C21H16ClF3N2O/c22-18-5-1-3-16(11-18)14-28-20-9-7-15(8-10-20)13-26-27-19-6-2-4-17(12-19)21(23,24)25/h1-13,27H,14H2. The monoisotopic (exact) mass is 404 g/mol. The van der Waals surface area contributed by atoms with E-state index >= 15 is 0 Å². The maximum Gasteiger partial charge on any atom is 0.416 e. The lowest BCUT2D eigenvalue weighted by Crippen LogP contribution is -2.05. The molecule has 0 atom stereocenters. The van der Waals surface area contributed by atoms with E-state index in [9.17, 15) is 13.2 Å². The molecule has 0 radical (unpaired) electrons. The van der Waals surface area contributed by atoms with E-state index in [4.69, 9.17) is 16.3 Å². The molecule has 0 saturated heterocycles. The van der Waals surface area contributed by atoms with Gasteiger partial charge in [-0.1, -0.05) is 29.8 Å². The quantitative estimate of drug-likeness (QED) is 0.382. The predicted molar refractivity (Wildman–Crippen MR) is 105 cm³/mol. The van der Waals surface area contributed by atoms with Gasteiger partial charge in [0.2, 0.25) is 0 Å². The Bertz CT molecular complexity index is 956. The summed E-state index contributed by atoms with van der Waals surface area (Å²) < 4.78 is 43.8. The van der Waals surface area contributed by atoms with Gasteiger partial charge in [-0.3, -0.25) is 5.43 Å². The SMILES string of the molecule is FC(F)(F)c1cccc(NN=Cc2ccc(OCc3cccc(Cl)c3)cc2)c1. The first-order valence-corrected chi connectivity index (χ1v) is 8.71. The Hall–Kier alpha value is -2.99. The van der Waals surface area contributed by atoms with Gasteiger partial charge in [0.25, 0.3) is 0 Å². The maximum absolute atomic E-state index is 12.7. The van der Waals surface area contributed by atoms with Crippen molar-refractivity contribution in [3.63, 3.8) is 0 Å². The van der Waals surface area contributed by atoms with Crippen LogP contribution in [0.25, 0.3) is 0 Å². The van der Waals surface area contributed by atoms with Crippen LogP contribution in [0.4, 0.5) is 18.9 Å². The van der Waals surface area contributed by atoms with Crippen LogP contribution in [-0.4, -0.2) is 6.21 Å². The minimum absolute atomic E-state index is 0.257. The molecular weight excluding hydrogens is 389 g/mol. The summed E-state index contributed by atoms with van der Waals surface area (Å²) in [5, 5.41) is 4.62. The summed E-state index contributed by atoms with van der Waals surface area (Å²) in [4.78, 5) is 0. The molecule has 144 valence electrons. The van der Waals surface area contributed by atoms with Crippen molar-refractivity contribution in [3.05, 3.63) is 94.5 Å². The zero-order valence-corrected chi connectivity index (χ0v) is 15.3. The number of hydrogen-bond acceptors (Lipinski definition) is 3. The van der Waals surface area contributed by atoms with Gasteiger partial charge in [-0.05, 0) is 65.7 Å². The second-order valence-electron chi connectivity index (χ2n) is 5.94. The van der Waals surface area contributed by atoms with Gasteiger partial charge in [0.05, 0.1) is 17.5 Å². The van der Waals surface area contributed by atoms with Crippen LogP contribution in [0.3, 0.4) is 0 Å². The number of hydrogen-bond donors (Lipinski definition) is 1. The molecule has 0 heterocycles. The van der Waals surface area contributed by atoms with Gasteiger partial charge in [-0.2, -0.15) is 18.3 Å². The lowest BCUT2D eigenvalue weighted by atomic mass is 10.2. The summed E-state index contributed by atoms with van der Waals surface area (Å²) in [6.07, 6.45) is -2.87. The Morgan fingerprint density at radius 3 is 2.43 bits per heavy atom. The summed E-state index contributed by atoms with van der Waals surface area (Å²) in [5.74, 6) is 0.683. The highest BCUT2D eigenvalue weighted by Gasteiger charge is 2.30. The average Bonchev–Trinajstić information content (AvgIpc) is 2.67. The largest absolute Gasteiger partial charge is 0.489 e. The van der Waals surface area contributed by atoms with Crippen molar-refractivity contribution in [3.8, 4) is 5.75 Å². The lowest BCUT2D eigenvalue weighted by molar-refractivity contribution is -0.137. The Morgan fingerprint density at radius 2 is 1.71 bits per heavy atom. The first kappa shape index (κ1) is 19.8. The van der Waals surface area contributed by atoms with Crippen molar-refractivity contribution in [2.45, 2.75) is 12.8 Å². The van der Waals surface area contributed by atoms with E-state index in [-0.39, 0.29) is 5.69 Å². The van der Waals surface area contributed by atoms with Crippen LogP contribution in [0, 0.1) is 0 Å². The molecule has 0 aliphatic heterocycles. The minimum atomic E-state index is -4.39. The second kappa shape index (κ2) is 8.80. The van der Waals surface area contributed by atoms with E-state index < -0.39 is 11.7 Å². The third-order valence-electron chi connectivity index (χ3n) is 3.77. The molecule has 28 heavy (non-hydrogen) atoms. The summed E-state index contributed by atoms with van der Waals surface area (Å²) in [7, 11) is 0. The van der Waals surface area contributed by atoms with Crippen LogP contribution in [0.5, 0.6) is 5.75 Å². The molecule has 0 unspecified atom stereocenters. The predicted octanol–water partition coefficient (Wildman–Crippen LogP) is 6.38. The van der Waals surface area contributed by atoms with Gasteiger partial charge in [-0.15, -0.1) is 0 Å². The van der Waals surface area contributed by atoms with Gasteiger partial charge >= 0.3 is 6.18 Å². The number of benzene rings is 3. The van der Waals surface area contributed by atoms with E-state index in [0.29, 0.717) is 17.4 Å². The number of hydrazone groups is 1. The zero-order valence-electron chi connectivity index (χ0n) is 14.6. The van der Waals surface area contributed by atoms with Crippen LogP contribution >= 0.6 is 11.6 Å². The van der Waals surface area contributed by atoms with Crippen molar-refractivity contribution in [2.75, 3.05) is 5.43 Å². The fourth-order valence-electron chi connectivity index (χ4n) is 2.39. The number of nitrogens with one attached hydrogen (secondary N) is 1. The molecule has 0 aliphatic carbocycles. The van der Waals surface area contributed by atoms with Gasteiger partial charge < -0.3 is 4.74 Å². The smallest absolute Gasteiger partial charge is 0.416 e. The average molecular weight is 405 g/mol. The van der Waals surface area contributed by atoms with Crippen LogP contribution in [0.2, 0.25) is 5.02 Å². The topological polar surface area (TPSA) is 33.6 Å². The fraction of sp³-hybridized carbons (Fsp3) is 0.0952. The van der Waals surface area contributed by atoms with E-state index in [1.54, 1.807) is 30.3 Å². The summed E-state index contributed by atoms with van der Waals surface area (Å²) in [6, 6.07) is 19.4. The molecule has 0 bridgehead atoms. The Kier molecular flexibility index (Phi) is 6.21. The molecule has 0 aliphatic rings. The van der Waals surface area contributed by atoms with Crippen LogP contribution < -0.4 is 10.2 Å². The first-order valence-electron chi connectivity index (χ1n) is 8.34. The first-order chi connectivity index (χ1) is 13.4. The molecule has 0 fully saturated rings. The Balaban J connectivity index is 1.55. The lowest BCUT2D eigenvalue weighted by Gasteiger charge is -2.08. The van der Waals surface area contributed by atoms with E-state index in [1.165, 1.54) is 18.3 Å². The van der Waals surface area contributed by atoms with Gasteiger partial charge in [0.15, 0.2) is 0 Å². The van der Waals surface area contributed by atoms with Gasteiger partial charge in [0.1, 0.15) is 12.4 Å². The van der Waals surface area contributed by atoms with Gasteiger partial charge in [-0.25, -0.2) is 0 Å². The number of halogens is 4. The Labute approximate surface area is 165 Å². The van der Waals surface area contributed by atoms with Crippen molar-refractivity contribution < 1.29 is 17.9 Å². The molecular formula is C21H16ClF3N2O. The summed E-state index contributed by atoms with van der Waals surface area (Å²) >= 11 is 5.94. The highest BCUT2D eigenvalue weighted by molar-refractivity contribution is 6.30. The normalized spacial score (nSPS) is 11.6. The van der Waals surface area contributed by atoms with Crippen LogP contribution in [-0.2, 0) is 12.8 Å². The zero-order chi connectivity index (χ0) is 20.0. The van der Waals surface area contributed by atoms with E-state index in [0.717, 1.165) is 23.3 Å². The van der Waals surface area contributed by atoms with E-state index in [1.807, 2.05) is 18.2 Å². The summed E-state index contributed by atoms with van der Waals surface area (Å²) in [6.45, 7) is 0.394. The molecule has 0 amide bonds. The molecule has 3 aromatic carbocycles. The number of ether oxygens (including phenoxy) is 1. The van der Waals surface area contributed by atoms with Crippen molar-refractivity contribution in [1.82, 2.24) is 0 Å². The van der Waals surface area contributed by atoms with Crippen molar-refractivity contribution in [2.24, 2.45) is 5.10 Å². The van der Waals surface area contributed by atoms with Gasteiger partial charge in [0, 0.05) is 5.02 Å². The molecule has 0 aromatic heterocycles. The molecule has 3 aromatic rings. The maximum atomic E-state index is 12.7. The van der Waals surface area contributed by atoms with Crippen LogP contribution in [0.1, 0.15) is 16.7 Å². The van der Waals surface area contributed by atoms with Crippen LogP contribution in [0.15, 0.2) is 77.9 Å². The Morgan fingerprint density at radius 1 is 0.964 bits per heavy atom. The van der Waals surface area contributed by atoms with Crippen molar-refractivity contribution >= 4 is 23.5 Å². The fourth-order valence-corrected chi connectivity index (χ4v) is 2.60. The highest BCUT2D eigenvalue weighted by atomic mass is 35.5. The second-order valence-corrected chi connectivity index (χ2v) is 6.37. The molecule has 3 rings (SSSR count). The third kappa shape index (κ3) is 5.76. The highest BCUT2D eigenvalue weighted by Crippen LogP contribution is 2.30. The molecule has 7 heteroatoms.